The summed E-state index contributed by atoms with van der Waals surface area (Å²) in [5.41, 5.74) is 4.36. The van der Waals surface area contributed by atoms with Gasteiger partial charge in [0.1, 0.15) is 11.6 Å². The topological polar surface area (TPSA) is 58.1 Å². The van der Waals surface area contributed by atoms with Crippen LogP contribution in [0.25, 0.3) is 11.3 Å². The zero-order valence-electron chi connectivity index (χ0n) is 10.4. The molecule has 1 aliphatic heterocycles. The molecular weight excluding hydrogens is 228 g/mol. The number of imidazole rings is 1. The Balaban J connectivity index is 1.99. The minimum atomic E-state index is 0.115. The van der Waals surface area contributed by atoms with Crippen molar-refractivity contribution in [3.05, 3.63) is 35.3 Å². The fourth-order valence-electron chi connectivity index (χ4n) is 2.36. The summed E-state index contributed by atoms with van der Waals surface area (Å²) >= 11 is 0. The van der Waals surface area contributed by atoms with Crippen molar-refractivity contribution in [2.24, 2.45) is 0 Å². The van der Waals surface area contributed by atoms with E-state index in [2.05, 4.69) is 16.0 Å². The molecule has 1 aliphatic rings. The van der Waals surface area contributed by atoms with E-state index in [0.717, 1.165) is 41.6 Å². The molecule has 0 bridgehead atoms. The lowest BCUT2D eigenvalue weighted by Crippen LogP contribution is -1.92. The summed E-state index contributed by atoms with van der Waals surface area (Å²) in [6.07, 6.45) is 1.53. The summed E-state index contributed by atoms with van der Waals surface area (Å²) in [7, 11) is 0. The van der Waals surface area contributed by atoms with Crippen molar-refractivity contribution in [3.63, 3.8) is 0 Å². The number of fused-ring (bicyclic) bond motifs is 1. The molecular formula is C14H16N2O2. The van der Waals surface area contributed by atoms with Gasteiger partial charge < -0.3 is 14.8 Å². The summed E-state index contributed by atoms with van der Waals surface area (Å²) in [6, 6.07) is 6.20. The van der Waals surface area contributed by atoms with Gasteiger partial charge in [0.2, 0.25) is 0 Å². The first kappa shape index (κ1) is 11.3. The normalized spacial score (nSPS) is 13.4. The second-order valence-electron chi connectivity index (χ2n) is 4.55. The van der Waals surface area contributed by atoms with E-state index in [1.54, 1.807) is 0 Å². The molecule has 4 heteroatoms. The minimum Gasteiger partial charge on any atom is -0.493 e. The smallest absolute Gasteiger partial charge is 0.122 e. The zero-order chi connectivity index (χ0) is 12.5. The maximum atomic E-state index is 8.94. The SMILES string of the molecule is Cc1[nH]c(CCO)nc1-c1ccc2c(c1)CCO2. The van der Waals surface area contributed by atoms with Crippen molar-refractivity contribution in [2.45, 2.75) is 19.8 Å². The van der Waals surface area contributed by atoms with Crippen molar-refractivity contribution in [1.82, 2.24) is 9.97 Å². The number of aromatic nitrogens is 2. The van der Waals surface area contributed by atoms with Gasteiger partial charge in [0, 0.05) is 24.1 Å². The van der Waals surface area contributed by atoms with Crippen molar-refractivity contribution >= 4 is 0 Å². The second-order valence-corrected chi connectivity index (χ2v) is 4.55. The van der Waals surface area contributed by atoms with Gasteiger partial charge in [-0.05, 0) is 30.7 Å². The molecule has 0 unspecified atom stereocenters. The van der Waals surface area contributed by atoms with E-state index in [-0.39, 0.29) is 6.61 Å². The number of aromatic amines is 1. The van der Waals surface area contributed by atoms with Crippen LogP contribution < -0.4 is 4.74 Å². The molecule has 0 atom stereocenters. The van der Waals surface area contributed by atoms with Gasteiger partial charge in [-0.25, -0.2) is 4.98 Å². The minimum absolute atomic E-state index is 0.115. The van der Waals surface area contributed by atoms with E-state index in [9.17, 15) is 0 Å². The van der Waals surface area contributed by atoms with Gasteiger partial charge in [-0.3, -0.25) is 0 Å². The van der Waals surface area contributed by atoms with Gasteiger partial charge in [0.25, 0.3) is 0 Å². The molecule has 4 nitrogen and oxygen atoms in total. The van der Waals surface area contributed by atoms with Crippen LogP contribution in [0.3, 0.4) is 0 Å². The molecule has 0 aliphatic carbocycles. The van der Waals surface area contributed by atoms with E-state index < -0.39 is 0 Å². The molecule has 1 aromatic carbocycles. The maximum absolute atomic E-state index is 8.94. The third-order valence-electron chi connectivity index (χ3n) is 3.25. The van der Waals surface area contributed by atoms with E-state index in [1.165, 1.54) is 5.56 Å². The first-order valence-corrected chi connectivity index (χ1v) is 6.20. The largest absolute Gasteiger partial charge is 0.493 e. The lowest BCUT2D eigenvalue weighted by molar-refractivity contribution is 0.297. The Labute approximate surface area is 106 Å². The van der Waals surface area contributed by atoms with Crippen molar-refractivity contribution in [3.8, 4) is 17.0 Å². The quantitative estimate of drug-likeness (QED) is 0.866. The molecule has 2 N–H and O–H groups in total. The molecule has 2 aromatic rings. The standard InChI is InChI=1S/C14H16N2O2/c1-9-14(16-13(15-9)4-6-17)11-2-3-12-10(8-11)5-7-18-12/h2-3,8,17H,4-7H2,1H3,(H,15,16). The highest BCUT2D eigenvalue weighted by Crippen LogP contribution is 2.30. The first-order chi connectivity index (χ1) is 8.78. The number of aliphatic hydroxyl groups excluding tert-OH is 1. The van der Waals surface area contributed by atoms with Crippen LogP contribution in [0, 0.1) is 6.92 Å². The Morgan fingerprint density at radius 3 is 3.17 bits per heavy atom. The van der Waals surface area contributed by atoms with Crippen molar-refractivity contribution < 1.29 is 9.84 Å². The number of ether oxygens (including phenoxy) is 1. The Kier molecular flexibility index (Phi) is 2.80. The van der Waals surface area contributed by atoms with Gasteiger partial charge >= 0.3 is 0 Å². The Hall–Kier alpha value is -1.81. The van der Waals surface area contributed by atoms with Gasteiger partial charge in [-0.1, -0.05) is 0 Å². The van der Waals surface area contributed by atoms with Gasteiger partial charge in [0.15, 0.2) is 0 Å². The molecule has 0 spiro atoms. The molecule has 0 fully saturated rings. The number of hydrogen-bond acceptors (Lipinski definition) is 3. The Morgan fingerprint density at radius 1 is 1.44 bits per heavy atom. The second kappa shape index (κ2) is 4.46. The molecule has 94 valence electrons. The number of hydrogen-bond donors (Lipinski definition) is 2. The lowest BCUT2D eigenvalue weighted by atomic mass is 10.1. The van der Waals surface area contributed by atoms with E-state index in [4.69, 9.17) is 9.84 Å². The van der Waals surface area contributed by atoms with E-state index in [1.807, 2.05) is 19.1 Å². The van der Waals surface area contributed by atoms with Crippen LogP contribution in [-0.4, -0.2) is 28.3 Å². The average Bonchev–Trinajstić information content (AvgIpc) is 2.95. The van der Waals surface area contributed by atoms with Crippen LogP contribution in [0.4, 0.5) is 0 Å². The maximum Gasteiger partial charge on any atom is 0.122 e. The van der Waals surface area contributed by atoms with Crippen molar-refractivity contribution in [2.75, 3.05) is 13.2 Å². The number of nitrogens with zero attached hydrogens (tertiary/aromatic N) is 1. The third kappa shape index (κ3) is 1.88. The summed E-state index contributed by atoms with van der Waals surface area (Å²) in [6.45, 7) is 2.89. The number of aryl methyl sites for hydroxylation is 1. The number of aliphatic hydroxyl groups is 1. The van der Waals surface area contributed by atoms with E-state index in [0.29, 0.717) is 6.42 Å². The van der Waals surface area contributed by atoms with Crippen LogP contribution in [-0.2, 0) is 12.8 Å². The fraction of sp³-hybridized carbons (Fsp3) is 0.357. The molecule has 3 rings (SSSR count). The summed E-state index contributed by atoms with van der Waals surface area (Å²) in [5, 5.41) is 8.94. The summed E-state index contributed by atoms with van der Waals surface area (Å²) < 4.78 is 5.50. The van der Waals surface area contributed by atoms with Gasteiger partial charge in [-0.15, -0.1) is 0 Å². The molecule has 0 saturated heterocycles. The predicted molar refractivity (Wildman–Crippen MR) is 68.7 cm³/mol. The summed E-state index contributed by atoms with van der Waals surface area (Å²) in [4.78, 5) is 7.75. The molecule has 2 heterocycles. The highest BCUT2D eigenvalue weighted by atomic mass is 16.5. The molecule has 0 saturated carbocycles. The van der Waals surface area contributed by atoms with Gasteiger partial charge in [0.05, 0.1) is 18.9 Å². The van der Waals surface area contributed by atoms with Crippen molar-refractivity contribution in [1.29, 1.82) is 0 Å². The average molecular weight is 244 g/mol. The predicted octanol–water partition coefficient (Wildman–Crippen LogP) is 1.85. The molecule has 18 heavy (non-hydrogen) atoms. The monoisotopic (exact) mass is 244 g/mol. The fourth-order valence-corrected chi connectivity index (χ4v) is 2.36. The molecule has 0 radical (unpaired) electrons. The van der Waals surface area contributed by atoms with E-state index >= 15 is 0 Å². The van der Waals surface area contributed by atoms with Crippen LogP contribution in [0.15, 0.2) is 18.2 Å². The lowest BCUT2D eigenvalue weighted by Gasteiger charge is -2.02. The van der Waals surface area contributed by atoms with Crippen LogP contribution in [0.2, 0.25) is 0 Å². The zero-order valence-corrected chi connectivity index (χ0v) is 10.4. The first-order valence-electron chi connectivity index (χ1n) is 6.20. The Morgan fingerprint density at radius 2 is 2.33 bits per heavy atom. The van der Waals surface area contributed by atoms with Crippen LogP contribution in [0.1, 0.15) is 17.1 Å². The molecule has 0 amide bonds. The van der Waals surface area contributed by atoms with Crippen LogP contribution >= 0.6 is 0 Å². The number of rotatable bonds is 3. The number of nitrogens with one attached hydrogen (secondary N) is 1. The number of H-pyrrole nitrogens is 1. The highest BCUT2D eigenvalue weighted by Gasteiger charge is 2.15. The summed E-state index contributed by atoms with van der Waals surface area (Å²) in [5.74, 6) is 1.82. The molecule has 1 aromatic heterocycles. The Bertz CT molecular complexity index is 575. The third-order valence-corrected chi connectivity index (χ3v) is 3.25. The highest BCUT2D eigenvalue weighted by molar-refractivity contribution is 5.65. The van der Waals surface area contributed by atoms with Crippen LogP contribution in [0.5, 0.6) is 5.75 Å². The number of benzene rings is 1. The van der Waals surface area contributed by atoms with Gasteiger partial charge in [-0.2, -0.15) is 0 Å².